The Bertz CT molecular complexity index is 233. The smallest absolute Gasteiger partial charge is 0.303 e. The van der Waals surface area contributed by atoms with Crippen LogP contribution >= 0.6 is 0 Å². The predicted molar refractivity (Wildman–Crippen MR) is 87.8 cm³/mol. The quantitative estimate of drug-likeness (QED) is 0.169. The van der Waals surface area contributed by atoms with Gasteiger partial charge in [-0.2, -0.15) is 0 Å². The zero-order valence-corrected chi connectivity index (χ0v) is 14.0. The fourth-order valence-electron chi connectivity index (χ4n) is 1.12. The molecule has 0 aromatic carbocycles. The molecule has 0 aromatic rings. The van der Waals surface area contributed by atoms with Crippen molar-refractivity contribution in [1.29, 1.82) is 0 Å². The largest absolute Gasteiger partial charge is 0.481 e. The van der Waals surface area contributed by atoms with Crippen LogP contribution in [0, 0.1) is 0 Å². The van der Waals surface area contributed by atoms with E-state index in [0.717, 1.165) is 0 Å². The highest BCUT2D eigenvalue weighted by atomic mass is 16.4. The summed E-state index contributed by atoms with van der Waals surface area (Å²) < 4.78 is 0. The fraction of sp³-hybridized carbons (Fsp3) is 0.857. The lowest BCUT2D eigenvalue weighted by Gasteiger charge is -1.94. The monoisotopic (exact) mass is 356 g/mol. The summed E-state index contributed by atoms with van der Waals surface area (Å²) >= 11 is 0. The van der Waals surface area contributed by atoms with Crippen molar-refractivity contribution in [3.05, 3.63) is 0 Å². The third kappa shape index (κ3) is 42.8. The summed E-state index contributed by atoms with van der Waals surface area (Å²) in [6, 6.07) is 0. The maximum atomic E-state index is 9.90. The van der Waals surface area contributed by atoms with Gasteiger partial charge in [0.25, 0.3) is 0 Å². The number of aliphatic carboxylic acids is 2. The Hall–Kier alpha value is -1.30. The summed E-state index contributed by atoms with van der Waals surface area (Å²) in [5.74, 6) is -1.74. The number of carbonyl (C=O) groups is 2. The fourth-order valence-corrected chi connectivity index (χ4v) is 1.12. The van der Waals surface area contributed by atoms with Crippen molar-refractivity contribution in [2.45, 2.75) is 25.7 Å². The van der Waals surface area contributed by atoms with Crippen LogP contribution in [0.3, 0.4) is 0 Å². The van der Waals surface area contributed by atoms with Crippen LogP contribution in [0.1, 0.15) is 25.7 Å². The zero-order valence-electron chi connectivity index (χ0n) is 14.0. The maximum absolute atomic E-state index is 9.90. The Balaban J connectivity index is -0.000000283. The molecule has 146 valence electrons. The van der Waals surface area contributed by atoms with Gasteiger partial charge in [0.15, 0.2) is 0 Å². The first-order chi connectivity index (χ1) is 11.5. The second kappa shape index (κ2) is 26.6. The number of rotatable bonds is 13. The molecule has 0 aliphatic heterocycles. The van der Waals surface area contributed by atoms with Gasteiger partial charge in [0, 0.05) is 39.0 Å². The van der Waals surface area contributed by atoms with Crippen molar-refractivity contribution in [3.63, 3.8) is 0 Å². The lowest BCUT2D eigenvalue weighted by Crippen LogP contribution is -2.21. The van der Waals surface area contributed by atoms with Crippen LogP contribution in [0.25, 0.3) is 0 Å². The predicted octanol–water partition coefficient (Wildman–Crippen LogP) is -2.16. The number of aliphatic hydroxyl groups excluding tert-OH is 4. The van der Waals surface area contributed by atoms with Crippen LogP contribution in [0.4, 0.5) is 0 Å². The molecule has 0 bridgehead atoms. The van der Waals surface area contributed by atoms with Gasteiger partial charge in [0.2, 0.25) is 0 Å². The highest BCUT2D eigenvalue weighted by Crippen LogP contribution is 1.98. The van der Waals surface area contributed by atoms with E-state index >= 15 is 0 Å². The molecule has 0 radical (unpaired) electrons. The number of carboxylic acids is 2. The average Bonchev–Trinajstić information content (AvgIpc) is 2.54. The SMILES string of the molecule is O=C(O)CCCCC(=O)O.OCCNCCO.OCCNCCO. The van der Waals surface area contributed by atoms with Crippen LogP contribution in [-0.4, -0.2) is 95.2 Å². The van der Waals surface area contributed by atoms with Crippen molar-refractivity contribution in [2.24, 2.45) is 0 Å². The summed E-state index contributed by atoms with van der Waals surface area (Å²) in [5.41, 5.74) is 0. The van der Waals surface area contributed by atoms with Gasteiger partial charge in [-0.05, 0) is 12.8 Å². The third-order valence-corrected chi connectivity index (χ3v) is 2.19. The molecule has 0 unspecified atom stereocenters. The summed E-state index contributed by atoms with van der Waals surface area (Å²) in [7, 11) is 0. The molecular formula is C14H32N2O8. The Morgan fingerprint density at radius 3 is 1.00 bits per heavy atom. The van der Waals surface area contributed by atoms with Crippen molar-refractivity contribution in [1.82, 2.24) is 10.6 Å². The molecule has 0 aromatic heterocycles. The third-order valence-electron chi connectivity index (χ3n) is 2.19. The first-order valence-corrected chi connectivity index (χ1v) is 7.74. The van der Waals surface area contributed by atoms with Gasteiger partial charge in [0.1, 0.15) is 0 Å². The van der Waals surface area contributed by atoms with Crippen LogP contribution in [-0.2, 0) is 9.59 Å². The summed E-state index contributed by atoms with van der Waals surface area (Å²) in [6.07, 6.45) is 1.02. The number of nitrogens with one attached hydrogen (secondary N) is 2. The number of hydrogen-bond acceptors (Lipinski definition) is 8. The van der Waals surface area contributed by atoms with Gasteiger partial charge >= 0.3 is 11.9 Å². The van der Waals surface area contributed by atoms with Gasteiger partial charge in [-0.25, -0.2) is 0 Å². The lowest BCUT2D eigenvalue weighted by atomic mass is 10.2. The summed E-state index contributed by atoms with van der Waals surface area (Å²) in [4.78, 5) is 19.8. The highest BCUT2D eigenvalue weighted by Gasteiger charge is 1.99. The molecule has 0 saturated carbocycles. The van der Waals surface area contributed by atoms with Gasteiger partial charge in [-0.3, -0.25) is 9.59 Å². The first-order valence-electron chi connectivity index (χ1n) is 7.74. The van der Waals surface area contributed by atoms with E-state index in [1.165, 1.54) is 0 Å². The Morgan fingerprint density at radius 1 is 0.583 bits per heavy atom. The number of carboxylic acid groups (broad SMARTS) is 2. The van der Waals surface area contributed by atoms with Crippen molar-refractivity contribution >= 4 is 11.9 Å². The molecule has 0 aliphatic carbocycles. The van der Waals surface area contributed by atoms with E-state index in [2.05, 4.69) is 10.6 Å². The van der Waals surface area contributed by atoms with E-state index in [0.29, 0.717) is 39.0 Å². The molecule has 0 heterocycles. The van der Waals surface area contributed by atoms with Crippen molar-refractivity contribution in [3.8, 4) is 0 Å². The molecule has 0 amide bonds. The summed E-state index contributed by atoms with van der Waals surface area (Å²) in [5, 5.41) is 54.4. The second-order valence-corrected chi connectivity index (χ2v) is 4.39. The standard InChI is InChI=1S/C6H10O4.2C4H11NO2/c7-5(8)3-1-2-4-6(9)10;2*6-3-1-5-2-4-7/h1-4H2,(H,7,8)(H,9,10);2*5-7H,1-4H2. The van der Waals surface area contributed by atoms with Crippen molar-refractivity contribution in [2.75, 3.05) is 52.6 Å². The second-order valence-electron chi connectivity index (χ2n) is 4.39. The van der Waals surface area contributed by atoms with Crippen molar-refractivity contribution < 1.29 is 40.2 Å². The van der Waals surface area contributed by atoms with Crippen LogP contribution in [0.5, 0.6) is 0 Å². The molecule has 0 spiro atoms. The Labute approximate surface area is 142 Å². The maximum Gasteiger partial charge on any atom is 0.303 e. The molecule has 0 rings (SSSR count). The average molecular weight is 356 g/mol. The van der Waals surface area contributed by atoms with E-state index < -0.39 is 11.9 Å². The number of hydrogen-bond donors (Lipinski definition) is 8. The Kier molecular flexibility index (Phi) is 30.5. The number of aliphatic hydroxyl groups is 4. The van der Waals surface area contributed by atoms with Crippen LogP contribution < -0.4 is 10.6 Å². The molecular weight excluding hydrogens is 324 g/mol. The van der Waals surface area contributed by atoms with Crippen LogP contribution in [0.15, 0.2) is 0 Å². The van der Waals surface area contributed by atoms with Gasteiger partial charge in [0.05, 0.1) is 26.4 Å². The number of unbranched alkanes of at least 4 members (excludes halogenated alkanes) is 1. The van der Waals surface area contributed by atoms with E-state index in [-0.39, 0.29) is 39.3 Å². The molecule has 10 nitrogen and oxygen atoms in total. The van der Waals surface area contributed by atoms with E-state index in [4.69, 9.17) is 30.6 Å². The minimum absolute atomic E-state index is 0.0628. The summed E-state index contributed by atoms with van der Waals surface area (Å²) in [6.45, 7) is 2.84. The van der Waals surface area contributed by atoms with E-state index in [1.807, 2.05) is 0 Å². The molecule has 0 saturated heterocycles. The van der Waals surface area contributed by atoms with Crippen LogP contribution in [0.2, 0.25) is 0 Å². The lowest BCUT2D eigenvalue weighted by molar-refractivity contribution is -0.139. The highest BCUT2D eigenvalue weighted by molar-refractivity contribution is 5.67. The normalized spacial score (nSPS) is 9.33. The molecule has 0 aliphatic rings. The minimum Gasteiger partial charge on any atom is -0.481 e. The van der Waals surface area contributed by atoms with Gasteiger partial charge in [-0.15, -0.1) is 0 Å². The molecule has 8 N–H and O–H groups in total. The Morgan fingerprint density at radius 2 is 0.833 bits per heavy atom. The molecule has 10 heteroatoms. The molecule has 0 fully saturated rings. The van der Waals surface area contributed by atoms with E-state index in [9.17, 15) is 9.59 Å². The topological polar surface area (TPSA) is 180 Å². The van der Waals surface area contributed by atoms with E-state index in [1.54, 1.807) is 0 Å². The first kappa shape index (κ1) is 27.5. The zero-order chi connectivity index (χ0) is 19.1. The molecule has 0 atom stereocenters. The van der Waals surface area contributed by atoms with Gasteiger partial charge < -0.3 is 41.3 Å². The van der Waals surface area contributed by atoms with Gasteiger partial charge in [-0.1, -0.05) is 0 Å². The minimum atomic E-state index is -0.870. The molecule has 24 heavy (non-hydrogen) atoms.